The summed E-state index contributed by atoms with van der Waals surface area (Å²) in [5, 5.41) is 10.0. The van der Waals surface area contributed by atoms with E-state index in [1.807, 2.05) is 35.2 Å². The highest BCUT2D eigenvalue weighted by Crippen LogP contribution is 2.42. The molecule has 1 aliphatic carbocycles. The first-order chi connectivity index (χ1) is 8.18. The highest BCUT2D eigenvalue weighted by atomic mass is 79.9. The fourth-order valence-corrected chi connectivity index (χ4v) is 4.04. The lowest BCUT2D eigenvalue weighted by Crippen LogP contribution is -2.44. The van der Waals surface area contributed by atoms with E-state index in [2.05, 4.69) is 15.9 Å². The van der Waals surface area contributed by atoms with Gasteiger partial charge in [-0.05, 0) is 18.6 Å². The van der Waals surface area contributed by atoms with Gasteiger partial charge in [0.2, 0.25) is 0 Å². The van der Waals surface area contributed by atoms with Crippen molar-refractivity contribution in [2.75, 3.05) is 6.54 Å². The number of aliphatic hydroxyl groups is 1. The zero-order chi connectivity index (χ0) is 12.0. The van der Waals surface area contributed by atoms with Crippen LogP contribution in [0, 0.1) is 5.92 Å². The summed E-state index contributed by atoms with van der Waals surface area (Å²) in [6.45, 7) is 0.682. The molecule has 2 aliphatic rings. The molecule has 1 aromatic carbocycles. The van der Waals surface area contributed by atoms with Crippen molar-refractivity contribution < 1.29 is 9.90 Å². The molecule has 0 aromatic heterocycles. The van der Waals surface area contributed by atoms with Crippen molar-refractivity contribution in [3.8, 4) is 0 Å². The summed E-state index contributed by atoms with van der Waals surface area (Å²) < 4.78 is 0. The average molecular weight is 296 g/mol. The molecule has 4 heteroatoms. The van der Waals surface area contributed by atoms with Crippen molar-refractivity contribution in [1.29, 1.82) is 0 Å². The molecule has 4 atom stereocenters. The minimum absolute atomic E-state index is 0.0290. The van der Waals surface area contributed by atoms with E-state index in [0.29, 0.717) is 12.1 Å². The Hall–Kier alpha value is -0.870. The predicted molar refractivity (Wildman–Crippen MR) is 68.1 cm³/mol. The molecule has 1 aliphatic heterocycles. The van der Waals surface area contributed by atoms with Gasteiger partial charge >= 0.3 is 0 Å². The Kier molecular flexibility index (Phi) is 2.71. The van der Waals surface area contributed by atoms with Crippen molar-refractivity contribution in [2.24, 2.45) is 5.92 Å². The van der Waals surface area contributed by atoms with Gasteiger partial charge < -0.3 is 10.0 Å². The van der Waals surface area contributed by atoms with Crippen LogP contribution in [0.4, 0.5) is 0 Å². The number of halogens is 1. The maximum atomic E-state index is 12.3. The van der Waals surface area contributed by atoms with Crippen LogP contribution in [0.1, 0.15) is 16.8 Å². The second-order valence-electron chi connectivity index (χ2n) is 4.82. The molecule has 1 N–H and O–H groups in total. The first kappa shape index (κ1) is 11.2. The third-order valence-electron chi connectivity index (χ3n) is 3.80. The number of aliphatic hydroxyl groups excluding tert-OH is 1. The highest BCUT2D eigenvalue weighted by Gasteiger charge is 2.52. The average Bonchev–Trinajstić information content (AvgIpc) is 2.81. The van der Waals surface area contributed by atoms with Crippen LogP contribution in [0.3, 0.4) is 0 Å². The zero-order valence-corrected chi connectivity index (χ0v) is 10.9. The van der Waals surface area contributed by atoms with Crippen molar-refractivity contribution in [3.05, 3.63) is 35.9 Å². The fourth-order valence-electron chi connectivity index (χ4n) is 2.96. The van der Waals surface area contributed by atoms with Gasteiger partial charge in [-0.25, -0.2) is 0 Å². The number of piperidine rings is 1. The molecule has 1 saturated carbocycles. The van der Waals surface area contributed by atoms with Gasteiger partial charge in [0.15, 0.2) is 0 Å². The lowest BCUT2D eigenvalue weighted by atomic mass is 10.1. The molecule has 0 spiro atoms. The minimum Gasteiger partial charge on any atom is -0.391 e. The Morgan fingerprint density at radius 3 is 2.65 bits per heavy atom. The Morgan fingerprint density at radius 1 is 1.35 bits per heavy atom. The first-order valence-corrected chi connectivity index (χ1v) is 6.78. The van der Waals surface area contributed by atoms with Gasteiger partial charge in [-0.15, -0.1) is 0 Å². The van der Waals surface area contributed by atoms with Crippen LogP contribution < -0.4 is 0 Å². The van der Waals surface area contributed by atoms with E-state index >= 15 is 0 Å². The molecule has 2 fully saturated rings. The van der Waals surface area contributed by atoms with E-state index in [1.54, 1.807) is 0 Å². The summed E-state index contributed by atoms with van der Waals surface area (Å²) in [6.07, 6.45) is 0.594. The molecule has 0 unspecified atom stereocenters. The summed E-state index contributed by atoms with van der Waals surface area (Å²) in [4.78, 5) is 14.4. The quantitative estimate of drug-likeness (QED) is 0.801. The molecular weight excluding hydrogens is 282 g/mol. The lowest BCUT2D eigenvalue weighted by Gasteiger charge is -2.30. The number of carbonyl (C=O) groups excluding carboxylic acids is 1. The van der Waals surface area contributed by atoms with Crippen LogP contribution in [-0.4, -0.2) is 39.4 Å². The molecule has 1 amide bonds. The summed E-state index contributed by atoms with van der Waals surface area (Å²) >= 11 is 3.56. The summed E-state index contributed by atoms with van der Waals surface area (Å²) in [6, 6.07) is 9.21. The smallest absolute Gasteiger partial charge is 0.254 e. The molecule has 3 nitrogen and oxygen atoms in total. The van der Waals surface area contributed by atoms with E-state index in [1.165, 1.54) is 0 Å². The van der Waals surface area contributed by atoms with Gasteiger partial charge in [0.1, 0.15) is 0 Å². The number of carbonyl (C=O) groups is 1. The van der Waals surface area contributed by atoms with E-state index in [-0.39, 0.29) is 28.8 Å². The standard InChI is InChI=1S/C13H14BrNO2/c14-10-6-9-7-15(11(10)12(9)16)13(17)8-4-2-1-3-5-8/h1-5,9-12,16H,6-7H2/t9-,10-,11+,12-/m1/s1. The van der Waals surface area contributed by atoms with Gasteiger partial charge in [-0.3, -0.25) is 4.79 Å². The van der Waals surface area contributed by atoms with Crippen LogP contribution in [0.5, 0.6) is 0 Å². The Balaban J connectivity index is 1.85. The largest absolute Gasteiger partial charge is 0.391 e. The third-order valence-corrected chi connectivity index (χ3v) is 4.72. The summed E-state index contributed by atoms with van der Waals surface area (Å²) in [5.41, 5.74) is 0.701. The zero-order valence-electron chi connectivity index (χ0n) is 9.29. The monoisotopic (exact) mass is 295 g/mol. The SMILES string of the molecule is O=C(c1ccccc1)N1C[C@H]2C[C@@H](Br)[C@H]1[C@@H]2O. The van der Waals surface area contributed by atoms with E-state index < -0.39 is 0 Å². The number of rotatable bonds is 1. The maximum Gasteiger partial charge on any atom is 0.254 e. The molecule has 90 valence electrons. The van der Waals surface area contributed by atoms with E-state index in [0.717, 1.165) is 6.42 Å². The normalized spacial score (nSPS) is 35.3. The second-order valence-corrected chi connectivity index (χ2v) is 5.99. The number of hydrogen-bond acceptors (Lipinski definition) is 2. The Labute approximate surface area is 109 Å². The first-order valence-electron chi connectivity index (χ1n) is 5.86. The van der Waals surface area contributed by atoms with Crippen molar-refractivity contribution in [1.82, 2.24) is 4.90 Å². The summed E-state index contributed by atoms with van der Waals surface area (Å²) in [5.74, 6) is 0.262. The predicted octanol–water partition coefficient (Wildman–Crippen LogP) is 1.66. The second kappa shape index (κ2) is 4.10. The Morgan fingerprint density at radius 2 is 2.06 bits per heavy atom. The lowest BCUT2D eigenvalue weighted by molar-refractivity contribution is 0.0659. The van der Waals surface area contributed by atoms with E-state index in [9.17, 15) is 9.90 Å². The van der Waals surface area contributed by atoms with Gasteiger partial charge in [0.05, 0.1) is 12.1 Å². The van der Waals surface area contributed by atoms with Gasteiger partial charge in [0.25, 0.3) is 5.91 Å². The molecule has 1 saturated heterocycles. The number of likely N-dealkylation sites (tertiary alicyclic amines) is 1. The molecule has 3 rings (SSSR count). The van der Waals surface area contributed by atoms with Crippen molar-refractivity contribution in [3.63, 3.8) is 0 Å². The number of fused-ring (bicyclic) bond motifs is 2. The number of alkyl halides is 1. The third kappa shape index (κ3) is 1.70. The highest BCUT2D eigenvalue weighted by molar-refractivity contribution is 9.09. The number of benzene rings is 1. The molecule has 17 heavy (non-hydrogen) atoms. The van der Waals surface area contributed by atoms with Crippen LogP contribution in [0.15, 0.2) is 30.3 Å². The van der Waals surface area contributed by atoms with Crippen LogP contribution in [0.2, 0.25) is 0 Å². The van der Waals surface area contributed by atoms with E-state index in [4.69, 9.17) is 0 Å². The molecule has 0 radical (unpaired) electrons. The number of amides is 1. The molecule has 2 bridgehead atoms. The van der Waals surface area contributed by atoms with Crippen LogP contribution in [0.25, 0.3) is 0 Å². The fraction of sp³-hybridized carbons (Fsp3) is 0.462. The summed E-state index contributed by atoms with van der Waals surface area (Å²) in [7, 11) is 0. The van der Waals surface area contributed by atoms with Gasteiger partial charge in [0, 0.05) is 22.9 Å². The maximum absolute atomic E-state index is 12.3. The van der Waals surface area contributed by atoms with Gasteiger partial charge in [-0.1, -0.05) is 34.1 Å². The number of nitrogens with zero attached hydrogens (tertiary/aromatic N) is 1. The van der Waals surface area contributed by atoms with Crippen LogP contribution in [-0.2, 0) is 0 Å². The molecule has 1 heterocycles. The molecule has 1 aromatic rings. The van der Waals surface area contributed by atoms with Crippen molar-refractivity contribution in [2.45, 2.75) is 23.4 Å². The molecular formula is C13H14BrNO2. The minimum atomic E-state index is -0.368. The van der Waals surface area contributed by atoms with Crippen LogP contribution >= 0.6 is 15.9 Å². The topological polar surface area (TPSA) is 40.5 Å². The van der Waals surface area contributed by atoms with Gasteiger partial charge in [-0.2, -0.15) is 0 Å². The van der Waals surface area contributed by atoms with Crippen molar-refractivity contribution >= 4 is 21.8 Å². The number of hydrogen-bond donors (Lipinski definition) is 1. The Bertz CT molecular complexity index is 436.